The molecule has 4 heteroatoms. The number of anilines is 1. The first kappa shape index (κ1) is 13.6. The van der Waals surface area contributed by atoms with Gasteiger partial charge in [-0.2, -0.15) is 0 Å². The first-order chi connectivity index (χ1) is 9.29. The Kier molecular flexibility index (Phi) is 4.95. The van der Waals surface area contributed by atoms with Crippen molar-refractivity contribution in [3.63, 3.8) is 0 Å². The maximum absolute atomic E-state index is 4.53. The van der Waals surface area contributed by atoms with Gasteiger partial charge in [-0.15, -0.1) is 0 Å². The normalized spacial score (nSPS) is 10.6. The molecule has 2 rings (SSSR count). The molecule has 0 aliphatic carbocycles. The molecule has 4 nitrogen and oxygen atoms in total. The third kappa shape index (κ3) is 4.09. The van der Waals surface area contributed by atoms with Crippen LogP contribution in [0.5, 0.6) is 0 Å². The smallest absolute Gasteiger partial charge is 0.203 e. The summed E-state index contributed by atoms with van der Waals surface area (Å²) < 4.78 is 2.18. The van der Waals surface area contributed by atoms with Gasteiger partial charge in [0.15, 0.2) is 0 Å². The number of pyridine rings is 1. The van der Waals surface area contributed by atoms with Gasteiger partial charge >= 0.3 is 0 Å². The fraction of sp³-hybridized carbons (Fsp3) is 0.467. The zero-order valence-corrected chi connectivity index (χ0v) is 11.8. The quantitative estimate of drug-likeness (QED) is 0.776. The first-order valence-electron chi connectivity index (χ1n) is 6.97. The zero-order valence-electron chi connectivity index (χ0n) is 11.8. The number of unbranched alkanes of at least 4 members (excludes halogenated alkanes) is 1. The maximum atomic E-state index is 4.53. The van der Waals surface area contributed by atoms with Crippen molar-refractivity contribution in [1.82, 2.24) is 14.5 Å². The Labute approximate surface area is 114 Å². The molecule has 2 heterocycles. The molecule has 1 N–H and O–H groups in total. The minimum atomic E-state index is 0.909. The second-order valence-electron chi connectivity index (χ2n) is 4.75. The van der Waals surface area contributed by atoms with Gasteiger partial charge in [-0.25, -0.2) is 4.98 Å². The van der Waals surface area contributed by atoms with Crippen LogP contribution in [0.1, 0.15) is 31.2 Å². The van der Waals surface area contributed by atoms with Crippen LogP contribution >= 0.6 is 0 Å². The lowest BCUT2D eigenvalue weighted by Gasteiger charge is -2.09. The van der Waals surface area contributed by atoms with Gasteiger partial charge in [0.05, 0.1) is 5.69 Å². The average Bonchev–Trinajstić information content (AvgIpc) is 2.78. The van der Waals surface area contributed by atoms with E-state index < -0.39 is 0 Å². The predicted molar refractivity (Wildman–Crippen MR) is 78.3 cm³/mol. The van der Waals surface area contributed by atoms with E-state index in [4.69, 9.17) is 0 Å². The van der Waals surface area contributed by atoms with Crippen molar-refractivity contribution in [2.24, 2.45) is 0 Å². The Morgan fingerprint density at radius 1 is 1.32 bits per heavy atom. The van der Waals surface area contributed by atoms with Crippen molar-refractivity contribution >= 4 is 5.95 Å². The summed E-state index contributed by atoms with van der Waals surface area (Å²) in [6, 6.07) is 6.04. The molecule has 0 saturated heterocycles. The van der Waals surface area contributed by atoms with Crippen LogP contribution in [0.2, 0.25) is 0 Å². The molecule has 0 saturated carbocycles. The second kappa shape index (κ2) is 6.92. The van der Waals surface area contributed by atoms with E-state index in [1.807, 2.05) is 25.3 Å². The number of rotatable bonds is 7. The average molecular weight is 258 g/mol. The number of imidazole rings is 1. The fourth-order valence-corrected chi connectivity index (χ4v) is 2.02. The van der Waals surface area contributed by atoms with Gasteiger partial charge in [-0.1, -0.05) is 19.4 Å². The molecule has 0 unspecified atom stereocenters. The van der Waals surface area contributed by atoms with Crippen molar-refractivity contribution < 1.29 is 0 Å². The molecule has 2 aromatic rings. The van der Waals surface area contributed by atoms with Crippen molar-refractivity contribution in [2.45, 2.75) is 39.7 Å². The lowest BCUT2D eigenvalue weighted by molar-refractivity contribution is 0.685. The van der Waals surface area contributed by atoms with Gasteiger partial charge < -0.3 is 9.88 Å². The summed E-state index contributed by atoms with van der Waals surface area (Å²) in [4.78, 5) is 8.88. The summed E-state index contributed by atoms with van der Waals surface area (Å²) in [5, 5.41) is 3.40. The number of nitrogens with zero attached hydrogens (tertiary/aromatic N) is 3. The second-order valence-corrected chi connectivity index (χ2v) is 4.75. The summed E-state index contributed by atoms with van der Waals surface area (Å²) >= 11 is 0. The van der Waals surface area contributed by atoms with Gasteiger partial charge in [-0.3, -0.25) is 4.98 Å². The van der Waals surface area contributed by atoms with Gasteiger partial charge in [0.2, 0.25) is 5.95 Å². The summed E-state index contributed by atoms with van der Waals surface area (Å²) in [7, 11) is 0. The molecule has 2 aromatic heterocycles. The lowest BCUT2D eigenvalue weighted by Crippen LogP contribution is -2.10. The van der Waals surface area contributed by atoms with E-state index in [0.29, 0.717) is 0 Å². The summed E-state index contributed by atoms with van der Waals surface area (Å²) in [6.45, 7) is 6.12. The monoisotopic (exact) mass is 258 g/mol. The van der Waals surface area contributed by atoms with E-state index in [0.717, 1.165) is 36.8 Å². The Hall–Kier alpha value is -1.84. The first-order valence-corrected chi connectivity index (χ1v) is 6.97. The molecule has 0 atom stereocenters. The molecule has 0 fully saturated rings. The molecular formula is C15H22N4. The highest BCUT2D eigenvalue weighted by Crippen LogP contribution is 2.10. The topological polar surface area (TPSA) is 42.7 Å². The number of aryl methyl sites for hydroxylation is 3. The van der Waals surface area contributed by atoms with Gasteiger partial charge in [0.1, 0.15) is 0 Å². The zero-order chi connectivity index (χ0) is 13.5. The number of nitrogens with one attached hydrogen (secondary N) is 1. The van der Waals surface area contributed by atoms with E-state index in [9.17, 15) is 0 Å². The van der Waals surface area contributed by atoms with Crippen LogP contribution in [0.3, 0.4) is 0 Å². The van der Waals surface area contributed by atoms with Crippen molar-refractivity contribution in [3.05, 3.63) is 42.0 Å². The van der Waals surface area contributed by atoms with Crippen LogP contribution in [-0.4, -0.2) is 21.1 Å². The van der Waals surface area contributed by atoms with Crippen LogP contribution < -0.4 is 5.32 Å². The number of hydrogen-bond donors (Lipinski definition) is 1. The van der Waals surface area contributed by atoms with Gasteiger partial charge in [0, 0.05) is 37.6 Å². The highest BCUT2D eigenvalue weighted by Gasteiger charge is 2.05. The van der Waals surface area contributed by atoms with E-state index in [1.165, 1.54) is 12.8 Å². The molecule has 0 spiro atoms. The standard InChI is InChI=1S/C15H22N4/c1-3-4-9-17-15-18-13(2)12-19(15)11-8-14-7-5-6-10-16-14/h5-7,10,12H,3-4,8-9,11H2,1-2H3,(H,17,18). The molecule has 102 valence electrons. The molecular weight excluding hydrogens is 236 g/mol. The summed E-state index contributed by atoms with van der Waals surface area (Å²) in [5.41, 5.74) is 2.17. The lowest BCUT2D eigenvalue weighted by atomic mass is 10.3. The molecule has 19 heavy (non-hydrogen) atoms. The molecule has 0 bridgehead atoms. The highest BCUT2D eigenvalue weighted by atomic mass is 15.2. The van der Waals surface area contributed by atoms with Crippen LogP contribution in [0.4, 0.5) is 5.95 Å². The number of hydrogen-bond acceptors (Lipinski definition) is 3. The van der Waals surface area contributed by atoms with Crippen LogP contribution in [0.25, 0.3) is 0 Å². The molecule has 0 radical (unpaired) electrons. The van der Waals surface area contributed by atoms with E-state index in [2.05, 4.69) is 39.0 Å². The Balaban J connectivity index is 1.95. The maximum Gasteiger partial charge on any atom is 0.203 e. The summed E-state index contributed by atoms with van der Waals surface area (Å²) in [6.07, 6.45) is 7.23. The summed E-state index contributed by atoms with van der Waals surface area (Å²) in [5.74, 6) is 0.974. The SMILES string of the molecule is CCCCNc1nc(C)cn1CCc1ccccn1. The number of aromatic nitrogens is 3. The van der Waals surface area contributed by atoms with Gasteiger partial charge in [-0.05, 0) is 25.5 Å². The van der Waals surface area contributed by atoms with Crippen LogP contribution in [-0.2, 0) is 13.0 Å². The van der Waals surface area contributed by atoms with Gasteiger partial charge in [0.25, 0.3) is 0 Å². The molecule has 0 amide bonds. The third-order valence-electron chi connectivity index (χ3n) is 3.05. The minimum Gasteiger partial charge on any atom is -0.356 e. The van der Waals surface area contributed by atoms with Crippen molar-refractivity contribution in [1.29, 1.82) is 0 Å². The minimum absolute atomic E-state index is 0.909. The van der Waals surface area contributed by atoms with Crippen molar-refractivity contribution in [2.75, 3.05) is 11.9 Å². The van der Waals surface area contributed by atoms with Crippen LogP contribution in [0.15, 0.2) is 30.6 Å². The Bertz CT molecular complexity index is 490. The van der Waals surface area contributed by atoms with Crippen LogP contribution in [0, 0.1) is 6.92 Å². The fourth-order valence-electron chi connectivity index (χ4n) is 2.02. The third-order valence-corrected chi connectivity index (χ3v) is 3.05. The Morgan fingerprint density at radius 2 is 2.21 bits per heavy atom. The van der Waals surface area contributed by atoms with E-state index in [-0.39, 0.29) is 0 Å². The van der Waals surface area contributed by atoms with Crippen molar-refractivity contribution in [3.8, 4) is 0 Å². The highest BCUT2D eigenvalue weighted by molar-refractivity contribution is 5.28. The molecule has 0 aliphatic heterocycles. The Morgan fingerprint density at radius 3 is 2.95 bits per heavy atom. The molecule has 0 aliphatic rings. The molecule has 0 aromatic carbocycles. The van der Waals surface area contributed by atoms with E-state index >= 15 is 0 Å². The van der Waals surface area contributed by atoms with E-state index in [1.54, 1.807) is 0 Å². The largest absolute Gasteiger partial charge is 0.356 e. The predicted octanol–water partition coefficient (Wildman–Crippen LogP) is 3.04.